The normalized spacial score (nSPS) is 14.7. The number of hydrogen-bond acceptors (Lipinski definition) is 8. The smallest absolute Gasteiger partial charge is 0.177 e. The van der Waals surface area contributed by atoms with Crippen molar-refractivity contribution in [3.05, 3.63) is 42.7 Å². The molecule has 1 N–H and O–H groups in total. The summed E-state index contributed by atoms with van der Waals surface area (Å²) in [5.41, 5.74) is 1.62. The second-order valence-corrected chi connectivity index (χ2v) is 6.49. The van der Waals surface area contributed by atoms with Gasteiger partial charge in [0, 0.05) is 37.1 Å². The molecule has 4 aromatic heterocycles. The zero-order valence-corrected chi connectivity index (χ0v) is 14.2. The maximum Gasteiger partial charge on any atom is 0.177 e. The molecule has 0 aromatic carbocycles. The van der Waals surface area contributed by atoms with Crippen molar-refractivity contribution in [2.24, 2.45) is 5.92 Å². The number of aryl methyl sites for hydroxylation is 1. The van der Waals surface area contributed by atoms with Crippen molar-refractivity contribution in [3.63, 3.8) is 0 Å². The first-order chi connectivity index (χ1) is 12.8. The number of nitrogens with one attached hydrogen (secondary N) is 1. The van der Waals surface area contributed by atoms with Crippen LogP contribution in [0.4, 0.5) is 11.6 Å². The van der Waals surface area contributed by atoms with Crippen molar-refractivity contribution in [3.8, 4) is 0 Å². The first-order valence-corrected chi connectivity index (χ1v) is 8.50. The van der Waals surface area contributed by atoms with Gasteiger partial charge in [0.2, 0.25) is 0 Å². The standard InChI is InChI=1S/C17H17N9/c1-11-21-14-7-18-5-4-13(14)17(22-11)19-6-12-8-25(9-12)16-3-2-15-23-20-10-26(15)24-16/h2-5,7,10,12H,6,8-9H2,1H3,(H,19,21,22). The van der Waals surface area contributed by atoms with Gasteiger partial charge in [-0.3, -0.25) is 4.98 Å². The van der Waals surface area contributed by atoms with Gasteiger partial charge >= 0.3 is 0 Å². The monoisotopic (exact) mass is 347 g/mol. The van der Waals surface area contributed by atoms with Crippen LogP contribution in [0.3, 0.4) is 0 Å². The summed E-state index contributed by atoms with van der Waals surface area (Å²) >= 11 is 0. The number of anilines is 2. The second-order valence-electron chi connectivity index (χ2n) is 6.49. The largest absolute Gasteiger partial charge is 0.369 e. The van der Waals surface area contributed by atoms with E-state index < -0.39 is 0 Å². The average molecular weight is 347 g/mol. The molecule has 5 rings (SSSR count). The molecule has 0 saturated carbocycles. The second kappa shape index (κ2) is 5.87. The summed E-state index contributed by atoms with van der Waals surface area (Å²) in [6.45, 7) is 4.67. The van der Waals surface area contributed by atoms with Crippen molar-refractivity contribution < 1.29 is 0 Å². The van der Waals surface area contributed by atoms with E-state index in [-0.39, 0.29) is 0 Å². The Kier molecular flexibility index (Phi) is 3.37. The van der Waals surface area contributed by atoms with E-state index in [1.54, 1.807) is 23.2 Å². The predicted octanol–water partition coefficient (Wildman–Crippen LogP) is 1.32. The molecule has 0 radical (unpaired) electrons. The zero-order valence-electron chi connectivity index (χ0n) is 14.2. The van der Waals surface area contributed by atoms with E-state index in [0.29, 0.717) is 5.92 Å². The average Bonchev–Trinajstić information content (AvgIpc) is 3.08. The summed E-state index contributed by atoms with van der Waals surface area (Å²) in [7, 11) is 0. The zero-order chi connectivity index (χ0) is 17.5. The first kappa shape index (κ1) is 14.9. The molecule has 26 heavy (non-hydrogen) atoms. The molecule has 0 atom stereocenters. The summed E-state index contributed by atoms with van der Waals surface area (Å²) in [5.74, 6) is 3.11. The highest BCUT2D eigenvalue weighted by molar-refractivity contribution is 5.88. The lowest BCUT2D eigenvalue weighted by molar-refractivity contribution is 0.425. The van der Waals surface area contributed by atoms with Crippen LogP contribution in [0.25, 0.3) is 16.6 Å². The van der Waals surface area contributed by atoms with Crippen LogP contribution in [0, 0.1) is 12.8 Å². The van der Waals surface area contributed by atoms with E-state index in [2.05, 4.69) is 40.5 Å². The molecule has 9 nitrogen and oxygen atoms in total. The van der Waals surface area contributed by atoms with Crippen molar-refractivity contribution in [2.45, 2.75) is 6.92 Å². The van der Waals surface area contributed by atoms with Gasteiger partial charge in [-0.05, 0) is 25.1 Å². The highest BCUT2D eigenvalue weighted by Crippen LogP contribution is 2.24. The summed E-state index contributed by atoms with van der Waals surface area (Å²) in [6.07, 6.45) is 5.16. The van der Waals surface area contributed by atoms with Crippen molar-refractivity contribution >= 4 is 28.2 Å². The minimum Gasteiger partial charge on any atom is -0.369 e. The third-order valence-corrected chi connectivity index (χ3v) is 4.60. The summed E-state index contributed by atoms with van der Waals surface area (Å²) in [5, 5.41) is 16.8. The minimum absolute atomic E-state index is 0.542. The van der Waals surface area contributed by atoms with Gasteiger partial charge in [0.15, 0.2) is 5.65 Å². The van der Waals surface area contributed by atoms with E-state index in [1.807, 2.05) is 25.1 Å². The molecule has 1 aliphatic rings. The van der Waals surface area contributed by atoms with Crippen molar-refractivity contribution in [1.29, 1.82) is 0 Å². The van der Waals surface area contributed by atoms with Crippen LogP contribution >= 0.6 is 0 Å². The van der Waals surface area contributed by atoms with Gasteiger partial charge in [-0.15, -0.1) is 15.3 Å². The van der Waals surface area contributed by atoms with Crippen molar-refractivity contribution in [2.75, 3.05) is 29.9 Å². The highest BCUT2D eigenvalue weighted by atomic mass is 15.4. The molecule has 0 aliphatic carbocycles. The predicted molar refractivity (Wildman–Crippen MR) is 97.0 cm³/mol. The molecule has 0 amide bonds. The van der Waals surface area contributed by atoms with Crippen LogP contribution in [0.2, 0.25) is 0 Å². The fraction of sp³-hybridized carbons (Fsp3) is 0.294. The van der Waals surface area contributed by atoms with Gasteiger partial charge in [0.25, 0.3) is 0 Å². The molecule has 0 bridgehead atoms. The molecular weight excluding hydrogens is 330 g/mol. The van der Waals surface area contributed by atoms with Crippen LogP contribution in [0.15, 0.2) is 36.9 Å². The molecule has 130 valence electrons. The molecule has 1 fully saturated rings. The van der Waals surface area contributed by atoms with E-state index in [9.17, 15) is 0 Å². The maximum absolute atomic E-state index is 4.54. The van der Waals surface area contributed by atoms with Crippen LogP contribution in [-0.2, 0) is 0 Å². The lowest BCUT2D eigenvalue weighted by Gasteiger charge is -2.40. The van der Waals surface area contributed by atoms with Gasteiger partial charge in [0.1, 0.15) is 23.8 Å². The van der Waals surface area contributed by atoms with Gasteiger partial charge in [-0.25, -0.2) is 9.97 Å². The van der Waals surface area contributed by atoms with Crippen LogP contribution < -0.4 is 10.2 Å². The Morgan fingerprint density at radius 2 is 2.12 bits per heavy atom. The Labute approximate surface area is 149 Å². The summed E-state index contributed by atoms with van der Waals surface area (Å²) in [4.78, 5) is 15.4. The third-order valence-electron chi connectivity index (χ3n) is 4.60. The fourth-order valence-corrected chi connectivity index (χ4v) is 3.25. The molecule has 1 aliphatic heterocycles. The molecule has 4 aromatic rings. The molecule has 9 heteroatoms. The van der Waals surface area contributed by atoms with Crippen LogP contribution in [-0.4, -0.2) is 54.4 Å². The molecule has 0 unspecified atom stereocenters. The van der Waals surface area contributed by atoms with Gasteiger partial charge < -0.3 is 10.2 Å². The lowest BCUT2D eigenvalue weighted by Crippen LogP contribution is -2.50. The molecule has 5 heterocycles. The third kappa shape index (κ3) is 2.57. The number of rotatable bonds is 4. The first-order valence-electron chi connectivity index (χ1n) is 8.50. The Bertz CT molecular complexity index is 1080. The molecular formula is C17H17N9. The molecule has 1 saturated heterocycles. The Morgan fingerprint density at radius 3 is 3.04 bits per heavy atom. The Balaban J connectivity index is 1.25. The van der Waals surface area contributed by atoms with Crippen molar-refractivity contribution in [1.82, 2.24) is 34.8 Å². The number of aromatic nitrogens is 7. The summed E-state index contributed by atoms with van der Waals surface area (Å²) in [6, 6.07) is 5.87. The van der Waals surface area contributed by atoms with E-state index in [1.165, 1.54) is 0 Å². The number of hydrogen-bond donors (Lipinski definition) is 1. The number of fused-ring (bicyclic) bond motifs is 2. The van der Waals surface area contributed by atoms with E-state index >= 15 is 0 Å². The van der Waals surface area contributed by atoms with Gasteiger partial charge in [-0.1, -0.05) is 0 Å². The van der Waals surface area contributed by atoms with E-state index in [0.717, 1.165) is 53.6 Å². The van der Waals surface area contributed by atoms with Gasteiger partial charge in [-0.2, -0.15) is 4.52 Å². The van der Waals surface area contributed by atoms with Crippen LogP contribution in [0.5, 0.6) is 0 Å². The molecule has 0 spiro atoms. The van der Waals surface area contributed by atoms with Gasteiger partial charge in [0.05, 0.1) is 11.7 Å². The lowest BCUT2D eigenvalue weighted by atomic mass is 10.0. The topological polar surface area (TPSA) is 97.0 Å². The quantitative estimate of drug-likeness (QED) is 0.590. The van der Waals surface area contributed by atoms with Crippen LogP contribution in [0.1, 0.15) is 5.82 Å². The minimum atomic E-state index is 0.542. The highest BCUT2D eigenvalue weighted by Gasteiger charge is 2.28. The van der Waals surface area contributed by atoms with E-state index in [4.69, 9.17) is 0 Å². The number of pyridine rings is 1. The number of nitrogens with zero attached hydrogens (tertiary/aromatic N) is 8. The Morgan fingerprint density at radius 1 is 1.19 bits per heavy atom. The Hall–Kier alpha value is -3.36. The fourth-order valence-electron chi connectivity index (χ4n) is 3.25. The summed E-state index contributed by atoms with van der Waals surface area (Å²) < 4.78 is 1.70. The SMILES string of the molecule is Cc1nc(NCC2CN(c3ccc4nncn4n3)C2)c2ccncc2n1. The maximum atomic E-state index is 4.54.